The Morgan fingerprint density at radius 2 is 2.18 bits per heavy atom. The lowest BCUT2D eigenvalue weighted by molar-refractivity contribution is 0.0957. The van der Waals surface area contributed by atoms with E-state index in [0.29, 0.717) is 6.54 Å². The molecule has 1 aromatic rings. The predicted octanol–water partition coefficient (Wildman–Crippen LogP) is 2.52. The molecule has 94 valence electrons. The van der Waals surface area contributed by atoms with Gasteiger partial charge in [0.05, 0.1) is 5.56 Å². The average molecular weight is 252 g/mol. The van der Waals surface area contributed by atoms with Gasteiger partial charge in [0.25, 0.3) is 5.91 Å². The summed E-state index contributed by atoms with van der Waals surface area (Å²) in [6, 6.07) is 5.89. The van der Waals surface area contributed by atoms with Gasteiger partial charge in [-0.25, -0.2) is 0 Å². The van der Waals surface area contributed by atoms with Crippen LogP contribution in [0.5, 0.6) is 0 Å². The molecule has 0 heterocycles. The van der Waals surface area contributed by atoms with Crippen molar-refractivity contribution >= 4 is 23.4 Å². The fraction of sp³-hybridized carbons (Fsp3) is 0.462. The molecule has 0 atom stereocenters. The van der Waals surface area contributed by atoms with Crippen molar-refractivity contribution in [1.82, 2.24) is 5.32 Å². The molecule has 0 saturated heterocycles. The molecular formula is C13H20N2OS. The van der Waals surface area contributed by atoms with Crippen LogP contribution in [0.2, 0.25) is 0 Å². The summed E-state index contributed by atoms with van der Waals surface area (Å²) in [4.78, 5) is 12.0. The molecule has 1 rings (SSSR count). The van der Waals surface area contributed by atoms with Gasteiger partial charge < -0.3 is 10.6 Å². The van der Waals surface area contributed by atoms with Crippen molar-refractivity contribution in [2.24, 2.45) is 0 Å². The van der Waals surface area contributed by atoms with Gasteiger partial charge in [0.1, 0.15) is 0 Å². The first-order valence-corrected chi connectivity index (χ1v) is 7.20. The van der Waals surface area contributed by atoms with Crippen molar-refractivity contribution in [3.8, 4) is 0 Å². The highest BCUT2D eigenvalue weighted by atomic mass is 32.2. The van der Waals surface area contributed by atoms with Crippen molar-refractivity contribution in [3.63, 3.8) is 0 Å². The number of nitrogens with one attached hydrogen (secondary N) is 2. The average Bonchev–Trinajstić information content (AvgIpc) is 2.32. The second-order valence-electron chi connectivity index (χ2n) is 3.83. The third-order valence-electron chi connectivity index (χ3n) is 2.38. The summed E-state index contributed by atoms with van der Waals surface area (Å²) in [5, 5.41) is 6.13. The van der Waals surface area contributed by atoms with Gasteiger partial charge in [0.15, 0.2) is 0 Å². The molecule has 0 aromatic heterocycles. The molecule has 1 aromatic carbocycles. The Bertz CT molecular complexity index is 380. The van der Waals surface area contributed by atoms with Crippen molar-refractivity contribution < 1.29 is 4.79 Å². The lowest BCUT2D eigenvalue weighted by Gasteiger charge is -2.11. The number of carbonyl (C=O) groups excluding carboxylic acids is 1. The maximum absolute atomic E-state index is 12.0. The Hall–Kier alpha value is -1.16. The van der Waals surface area contributed by atoms with Gasteiger partial charge in [-0.3, -0.25) is 4.79 Å². The SMILES string of the molecule is CCNc1ccc(C)cc1C(=O)NCCSC. The summed E-state index contributed by atoms with van der Waals surface area (Å²) < 4.78 is 0. The lowest BCUT2D eigenvalue weighted by atomic mass is 10.1. The molecule has 3 nitrogen and oxygen atoms in total. The summed E-state index contributed by atoms with van der Waals surface area (Å²) in [5.41, 5.74) is 2.73. The van der Waals surface area contributed by atoms with E-state index in [9.17, 15) is 4.79 Å². The highest BCUT2D eigenvalue weighted by molar-refractivity contribution is 7.98. The minimum absolute atomic E-state index is 0.00120. The highest BCUT2D eigenvalue weighted by Gasteiger charge is 2.10. The highest BCUT2D eigenvalue weighted by Crippen LogP contribution is 2.17. The minimum Gasteiger partial charge on any atom is -0.385 e. The van der Waals surface area contributed by atoms with Crippen molar-refractivity contribution in [2.45, 2.75) is 13.8 Å². The number of aryl methyl sites for hydroxylation is 1. The summed E-state index contributed by atoms with van der Waals surface area (Å²) in [7, 11) is 0. The number of hydrogen-bond donors (Lipinski definition) is 2. The molecule has 0 aliphatic heterocycles. The fourth-order valence-electron chi connectivity index (χ4n) is 1.55. The second kappa shape index (κ2) is 7.22. The molecule has 1 amide bonds. The molecule has 0 radical (unpaired) electrons. The van der Waals surface area contributed by atoms with Gasteiger partial charge in [0.2, 0.25) is 0 Å². The van der Waals surface area contributed by atoms with E-state index < -0.39 is 0 Å². The van der Waals surface area contributed by atoms with Gasteiger partial charge in [0, 0.05) is 24.5 Å². The van der Waals surface area contributed by atoms with Crippen molar-refractivity contribution in [2.75, 3.05) is 30.4 Å². The van der Waals surface area contributed by atoms with Gasteiger partial charge in [-0.15, -0.1) is 0 Å². The summed E-state index contributed by atoms with van der Waals surface area (Å²) in [6.45, 7) is 5.54. The molecule has 0 aliphatic rings. The van der Waals surface area contributed by atoms with Gasteiger partial charge in [-0.1, -0.05) is 11.6 Å². The van der Waals surface area contributed by atoms with Crippen LogP contribution in [0.15, 0.2) is 18.2 Å². The minimum atomic E-state index is -0.00120. The van der Waals surface area contributed by atoms with Crippen LogP contribution >= 0.6 is 11.8 Å². The Labute approximate surface area is 107 Å². The summed E-state index contributed by atoms with van der Waals surface area (Å²) in [5.74, 6) is 0.937. The third kappa shape index (κ3) is 4.30. The van der Waals surface area contributed by atoms with Crippen LogP contribution in [-0.2, 0) is 0 Å². The Morgan fingerprint density at radius 1 is 1.41 bits per heavy atom. The fourth-order valence-corrected chi connectivity index (χ4v) is 1.86. The zero-order valence-corrected chi connectivity index (χ0v) is 11.5. The van der Waals surface area contributed by atoms with Crippen LogP contribution < -0.4 is 10.6 Å². The third-order valence-corrected chi connectivity index (χ3v) is 2.99. The van der Waals surface area contributed by atoms with Gasteiger partial charge in [-0.05, 0) is 32.2 Å². The zero-order valence-electron chi connectivity index (χ0n) is 10.7. The molecule has 4 heteroatoms. The first kappa shape index (κ1) is 13.9. The number of hydrogen-bond acceptors (Lipinski definition) is 3. The van der Waals surface area contributed by atoms with Crippen LogP contribution in [0, 0.1) is 6.92 Å². The van der Waals surface area contributed by atoms with Crippen molar-refractivity contribution in [1.29, 1.82) is 0 Å². The molecule has 17 heavy (non-hydrogen) atoms. The van der Waals surface area contributed by atoms with E-state index >= 15 is 0 Å². The first-order chi connectivity index (χ1) is 8.19. The maximum Gasteiger partial charge on any atom is 0.253 e. The number of rotatable bonds is 6. The smallest absolute Gasteiger partial charge is 0.253 e. The van der Waals surface area contributed by atoms with E-state index in [2.05, 4.69) is 10.6 Å². The lowest BCUT2D eigenvalue weighted by Crippen LogP contribution is -2.26. The molecule has 2 N–H and O–H groups in total. The number of thioether (sulfide) groups is 1. The zero-order chi connectivity index (χ0) is 12.7. The van der Waals surface area contributed by atoms with E-state index in [-0.39, 0.29) is 5.91 Å². The molecule has 0 spiro atoms. The number of amides is 1. The van der Waals surface area contributed by atoms with Gasteiger partial charge >= 0.3 is 0 Å². The molecule has 0 fully saturated rings. The standard InChI is InChI=1S/C13H20N2OS/c1-4-14-12-6-5-10(2)9-11(12)13(16)15-7-8-17-3/h5-6,9,14H,4,7-8H2,1-3H3,(H,15,16). The van der Waals surface area contributed by atoms with E-state index in [1.807, 2.05) is 38.3 Å². The maximum atomic E-state index is 12.0. The quantitative estimate of drug-likeness (QED) is 0.764. The van der Waals surface area contributed by atoms with Gasteiger partial charge in [-0.2, -0.15) is 11.8 Å². The van der Waals surface area contributed by atoms with Crippen LogP contribution in [0.3, 0.4) is 0 Å². The number of benzene rings is 1. The Morgan fingerprint density at radius 3 is 2.82 bits per heavy atom. The molecule has 0 unspecified atom stereocenters. The topological polar surface area (TPSA) is 41.1 Å². The normalized spacial score (nSPS) is 10.1. The largest absolute Gasteiger partial charge is 0.385 e. The molecule has 0 saturated carbocycles. The van der Waals surface area contributed by atoms with E-state index in [4.69, 9.17) is 0 Å². The summed E-state index contributed by atoms with van der Waals surface area (Å²) in [6.07, 6.45) is 2.03. The Balaban J connectivity index is 2.78. The number of anilines is 1. The van der Waals surface area contributed by atoms with Crippen molar-refractivity contribution in [3.05, 3.63) is 29.3 Å². The summed E-state index contributed by atoms with van der Waals surface area (Å²) >= 11 is 1.73. The molecule has 0 bridgehead atoms. The van der Waals surface area contributed by atoms with E-state index in [1.165, 1.54) is 0 Å². The molecular weight excluding hydrogens is 232 g/mol. The van der Waals surface area contributed by atoms with Crippen LogP contribution in [0.1, 0.15) is 22.8 Å². The predicted molar refractivity (Wildman–Crippen MR) is 76.1 cm³/mol. The monoisotopic (exact) mass is 252 g/mol. The first-order valence-electron chi connectivity index (χ1n) is 5.80. The number of carbonyl (C=O) groups is 1. The van der Waals surface area contributed by atoms with E-state index in [1.54, 1.807) is 11.8 Å². The molecule has 0 aliphatic carbocycles. The van der Waals surface area contributed by atoms with Crippen LogP contribution in [0.25, 0.3) is 0 Å². The Kier molecular flexibility index (Phi) is 5.91. The van der Waals surface area contributed by atoms with E-state index in [0.717, 1.165) is 29.1 Å². The van der Waals surface area contributed by atoms with Crippen LogP contribution in [-0.4, -0.2) is 31.0 Å². The second-order valence-corrected chi connectivity index (χ2v) is 4.81. The van der Waals surface area contributed by atoms with Crippen LogP contribution in [0.4, 0.5) is 5.69 Å².